The van der Waals surface area contributed by atoms with E-state index in [9.17, 15) is 9.59 Å². The largest absolute Gasteiger partial charge is 0.407 e. The SMILES string of the molecule is [B]NC(=O)[C@@H]1C[C@@]2(C)C[C@H]2N1C=O. The lowest BCUT2D eigenvalue weighted by Crippen LogP contribution is -2.43. The molecule has 0 aromatic carbocycles. The third kappa shape index (κ3) is 1.06. The summed E-state index contributed by atoms with van der Waals surface area (Å²) in [6.45, 7) is 2.10. The van der Waals surface area contributed by atoms with Crippen molar-refractivity contribution in [2.45, 2.75) is 31.8 Å². The lowest BCUT2D eigenvalue weighted by Gasteiger charge is -2.21. The zero-order valence-corrected chi connectivity index (χ0v) is 7.49. The van der Waals surface area contributed by atoms with Gasteiger partial charge in [0.2, 0.25) is 20.3 Å². The highest BCUT2D eigenvalue weighted by Crippen LogP contribution is 2.58. The Hall–Kier alpha value is -0.995. The standard InChI is InChI=1S/C8H11BN2O2/c1-8-2-5(7(13)10-9)11(4-12)6(8)3-8/h4-6H,2-3H2,1H3,(H,10,13)/t5-,6+,8-/m0/s1. The maximum absolute atomic E-state index is 11.3. The molecule has 0 aromatic rings. The lowest BCUT2D eigenvalue weighted by molar-refractivity contribution is -0.131. The number of hydrogen-bond donors (Lipinski definition) is 1. The van der Waals surface area contributed by atoms with Crippen LogP contribution in [-0.2, 0) is 9.59 Å². The van der Waals surface area contributed by atoms with E-state index in [2.05, 4.69) is 12.2 Å². The fraction of sp³-hybridized carbons (Fsp3) is 0.750. The highest BCUT2D eigenvalue weighted by Gasteiger charge is 2.62. The number of amides is 2. The number of rotatable bonds is 2. The summed E-state index contributed by atoms with van der Waals surface area (Å²) >= 11 is 0. The van der Waals surface area contributed by atoms with Crippen molar-refractivity contribution in [2.75, 3.05) is 0 Å². The van der Waals surface area contributed by atoms with Crippen LogP contribution in [0.3, 0.4) is 0 Å². The minimum absolute atomic E-state index is 0.165. The van der Waals surface area contributed by atoms with E-state index in [4.69, 9.17) is 7.98 Å². The zero-order chi connectivity index (χ0) is 9.64. The number of nitrogens with one attached hydrogen (secondary N) is 1. The maximum Gasteiger partial charge on any atom is 0.230 e. The first-order chi connectivity index (χ1) is 6.12. The molecule has 0 bridgehead atoms. The molecule has 0 spiro atoms. The van der Waals surface area contributed by atoms with Crippen molar-refractivity contribution >= 4 is 20.3 Å². The van der Waals surface area contributed by atoms with Gasteiger partial charge < -0.3 is 10.1 Å². The van der Waals surface area contributed by atoms with E-state index in [-0.39, 0.29) is 23.4 Å². The average Bonchev–Trinajstić information content (AvgIpc) is 2.69. The smallest absolute Gasteiger partial charge is 0.230 e. The van der Waals surface area contributed by atoms with Crippen molar-refractivity contribution in [1.82, 2.24) is 10.1 Å². The van der Waals surface area contributed by atoms with Gasteiger partial charge >= 0.3 is 0 Å². The van der Waals surface area contributed by atoms with Gasteiger partial charge in [-0.1, -0.05) is 6.92 Å². The van der Waals surface area contributed by atoms with Crippen LogP contribution in [0.1, 0.15) is 19.8 Å². The van der Waals surface area contributed by atoms with E-state index >= 15 is 0 Å². The third-order valence-electron chi connectivity index (χ3n) is 3.25. The van der Waals surface area contributed by atoms with Crippen LogP contribution in [0.5, 0.6) is 0 Å². The molecule has 13 heavy (non-hydrogen) atoms. The van der Waals surface area contributed by atoms with Crippen LogP contribution in [0.2, 0.25) is 0 Å². The molecule has 1 aliphatic heterocycles. The van der Waals surface area contributed by atoms with Gasteiger partial charge in [-0.25, -0.2) is 0 Å². The summed E-state index contributed by atoms with van der Waals surface area (Å²) in [5.74, 6) is -0.263. The molecular weight excluding hydrogens is 167 g/mol. The molecule has 68 valence electrons. The van der Waals surface area contributed by atoms with Crippen molar-refractivity contribution in [1.29, 1.82) is 0 Å². The van der Waals surface area contributed by atoms with E-state index < -0.39 is 0 Å². The molecule has 2 aliphatic rings. The Balaban J connectivity index is 2.14. The minimum Gasteiger partial charge on any atom is -0.407 e. The fourth-order valence-corrected chi connectivity index (χ4v) is 2.30. The molecular formula is C8H11BN2O2. The highest BCUT2D eigenvalue weighted by molar-refractivity contribution is 6.15. The van der Waals surface area contributed by atoms with Gasteiger partial charge in [-0.2, -0.15) is 0 Å². The van der Waals surface area contributed by atoms with E-state index in [0.29, 0.717) is 0 Å². The number of hydrogen-bond acceptors (Lipinski definition) is 2. The molecule has 1 heterocycles. The van der Waals surface area contributed by atoms with Gasteiger partial charge in [-0.15, -0.1) is 0 Å². The summed E-state index contributed by atoms with van der Waals surface area (Å²) in [6, 6.07) is -0.0986. The molecule has 1 aliphatic carbocycles. The summed E-state index contributed by atoms with van der Waals surface area (Å²) in [5.41, 5.74) is 0.165. The van der Waals surface area contributed by atoms with Gasteiger partial charge in [0.15, 0.2) is 0 Å². The summed E-state index contributed by atoms with van der Waals surface area (Å²) in [4.78, 5) is 23.6. The summed E-state index contributed by atoms with van der Waals surface area (Å²) < 4.78 is 0. The normalized spacial score (nSPS) is 41.2. The van der Waals surface area contributed by atoms with E-state index in [1.165, 1.54) is 0 Å². The van der Waals surface area contributed by atoms with Crippen LogP contribution < -0.4 is 5.23 Å². The van der Waals surface area contributed by atoms with Gasteiger partial charge in [-0.3, -0.25) is 9.59 Å². The van der Waals surface area contributed by atoms with Gasteiger partial charge in [0, 0.05) is 6.04 Å². The predicted molar refractivity (Wildman–Crippen MR) is 46.7 cm³/mol. The van der Waals surface area contributed by atoms with Crippen molar-refractivity contribution < 1.29 is 9.59 Å². The van der Waals surface area contributed by atoms with Gasteiger partial charge in [0.1, 0.15) is 6.04 Å². The molecule has 2 radical (unpaired) electrons. The van der Waals surface area contributed by atoms with Gasteiger partial charge in [0.05, 0.1) is 0 Å². The Morgan fingerprint density at radius 3 is 2.92 bits per heavy atom. The molecule has 4 nitrogen and oxygen atoms in total. The van der Waals surface area contributed by atoms with Crippen molar-refractivity contribution in [3.63, 3.8) is 0 Å². The second kappa shape index (κ2) is 2.50. The van der Waals surface area contributed by atoms with Crippen LogP contribution >= 0.6 is 0 Å². The number of carbonyl (C=O) groups excluding carboxylic acids is 2. The summed E-state index contributed by atoms with van der Waals surface area (Å²) in [6.07, 6.45) is 2.50. The molecule has 1 saturated carbocycles. The lowest BCUT2D eigenvalue weighted by atomic mass is 10.0. The number of likely N-dealkylation sites (tertiary alicyclic amines) is 1. The number of piperidine rings is 1. The van der Waals surface area contributed by atoms with Crippen molar-refractivity contribution in [3.8, 4) is 0 Å². The van der Waals surface area contributed by atoms with Gasteiger partial charge in [0.25, 0.3) is 0 Å². The Bertz CT molecular complexity index is 271. The maximum atomic E-state index is 11.3. The van der Waals surface area contributed by atoms with E-state index in [0.717, 1.165) is 19.3 Å². The first-order valence-corrected chi connectivity index (χ1v) is 4.35. The second-order valence-corrected chi connectivity index (χ2v) is 4.16. The number of carbonyl (C=O) groups is 2. The monoisotopic (exact) mass is 178 g/mol. The Morgan fingerprint density at radius 2 is 2.38 bits per heavy atom. The zero-order valence-electron chi connectivity index (χ0n) is 7.49. The molecule has 2 fully saturated rings. The summed E-state index contributed by atoms with van der Waals surface area (Å²) in [7, 11) is 5.03. The number of nitrogens with zero attached hydrogens (tertiary/aromatic N) is 1. The van der Waals surface area contributed by atoms with E-state index in [1.807, 2.05) is 0 Å². The average molecular weight is 178 g/mol. The molecule has 1 N–H and O–H groups in total. The van der Waals surface area contributed by atoms with Crippen molar-refractivity contribution in [3.05, 3.63) is 0 Å². The molecule has 5 heteroatoms. The molecule has 1 saturated heterocycles. The molecule has 2 rings (SSSR count). The quantitative estimate of drug-likeness (QED) is 0.444. The minimum atomic E-state index is -0.355. The van der Waals surface area contributed by atoms with Crippen LogP contribution in [0, 0.1) is 5.41 Å². The Kier molecular flexibility index (Phi) is 1.65. The van der Waals surface area contributed by atoms with Crippen LogP contribution in [0.4, 0.5) is 0 Å². The van der Waals surface area contributed by atoms with Crippen LogP contribution in [0.15, 0.2) is 0 Å². The van der Waals surface area contributed by atoms with E-state index in [1.54, 1.807) is 4.90 Å². The molecule has 0 unspecified atom stereocenters. The summed E-state index contributed by atoms with van der Waals surface area (Å²) in [5, 5.41) is 2.09. The number of fused-ring (bicyclic) bond motifs is 1. The Morgan fingerprint density at radius 1 is 1.69 bits per heavy atom. The van der Waals surface area contributed by atoms with Gasteiger partial charge in [-0.05, 0) is 18.3 Å². The topological polar surface area (TPSA) is 49.4 Å². The molecule has 3 atom stereocenters. The highest BCUT2D eigenvalue weighted by atomic mass is 16.2. The Labute approximate surface area is 78.1 Å². The molecule has 2 amide bonds. The molecule has 0 aromatic heterocycles. The third-order valence-corrected chi connectivity index (χ3v) is 3.25. The first-order valence-electron chi connectivity index (χ1n) is 4.35. The first kappa shape index (κ1) is 8.60. The second-order valence-electron chi connectivity index (χ2n) is 4.16. The predicted octanol–water partition coefficient (Wildman–Crippen LogP) is -0.805. The fourth-order valence-electron chi connectivity index (χ4n) is 2.30. The van der Waals surface area contributed by atoms with Crippen molar-refractivity contribution in [2.24, 2.45) is 5.41 Å². The van der Waals surface area contributed by atoms with Crippen LogP contribution in [-0.4, -0.2) is 37.3 Å². The van der Waals surface area contributed by atoms with Crippen LogP contribution in [0.25, 0.3) is 0 Å².